The normalized spacial score (nSPS) is 11.4. The predicted octanol–water partition coefficient (Wildman–Crippen LogP) is 3.26. The number of halogens is 1. The number of carbonyl (C=O) groups excluding carboxylic acids is 1. The third-order valence-corrected chi connectivity index (χ3v) is 3.98. The minimum Gasteiger partial charge on any atom is -0.341 e. The number of thiazole rings is 1. The molecule has 1 heterocycles. The van der Waals surface area contributed by atoms with Crippen molar-refractivity contribution in [3.8, 4) is 0 Å². The van der Waals surface area contributed by atoms with E-state index in [1.807, 2.05) is 26.2 Å². The van der Waals surface area contributed by atoms with Gasteiger partial charge in [-0.1, -0.05) is 12.1 Å². The molecule has 0 spiro atoms. The number of aromatic nitrogens is 1. The number of nitrogens with one attached hydrogen (secondary N) is 1. The summed E-state index contributed by atoms with van der Waals surface area (Å²) in [6.07, 6.45) is 0. The molecule has 0 aliphatic carbocycles. The van der Waals surface area contributed by atoms with Crippen molar-refractivity contribution >= 4 is 17.2 Å². The first-order valence-corrected chi connectivity index (χ1v) is 6.78. The maximum Gasteiger partial charge on any atom is 0.255 e. The van der Waals surface area contributed by atoms with Gasteiger partial charge in [-0.25, -0.2) is 9.37 Å². The van der Waals surface area contributed by atoms with Crippen LogP contribution in [0.2, 0.25) is 0 Å². The molecule has 100 valence electrons. The molecule has 0 radical (unpaired) electrons. The molecule has 0 aliphatic heterocycles. The minimum absolute atomic E-state index is 0.0452. The highest BCUT2D eigenvalue weighted by molar-refractivity contribution is 7.09. The number of carbonyl (C=O) groups is 1. The quantitative estimate of drug-likeness (QED) is 0.936. The Morgan fingerprint density at radius 1 is 1.37 bits per heavy atom. The van der Waals surface area contributed by atoms with Crippen LogP contribution in [-0.4, -0.2) is 10.9 Å². The van der Waals surface area contributed by atoms with E-state index in [0.29, 0.717) is 0 Å². The van der Waals surface area contributed by atoms with Crippen molar-refractivity contribution < 1.29 is 9.18 Å². The zero-order valence-corrected chi connectivity index (χ0v) is 11.8. The Kier molecular flexibility index (Phi) is 3.66. The van der Waals surface area contributed by atoms with Crippen LogP contribution >= 0.6 is 11.3 Å². The molecule has 0 atom stereocenters. The van der Waals surface area contributed by atoms with Crippen molar-refractivity contribution in [1.82, 2.24) is 10.3 Å². The molecule has 0 bridgehead atoms. The molecule has 2 rings (SSSR count). The van der Waals surface area contributed by atoms with Gasteiger partial charge in [-0.2, -0.15) is 0 Å². The summed E-state index contributed by atoms with van der Waals surface area (Å²) >= 11 is 1.48. The number of hydrogen-bond donors (Lipinski definition) is 1. The van der Waals surface area contributed by atoms with Gasteiger partial charge < -0.3 is 5.32 Å². The summed E-state index contributed by atoms with van der Waals surface area (Å²) in [5.41, 5.74) is 0.329. The van der Waals surface area contributed by atoms with E-state index in [1.165, 1.54) is 23.5 Å². The molecule has 19 heavy (non-hydrogen) atoms. The number of amides is 1. The van der Waals surface area contributed by atoms with Crippen LogP contribution < -0.4 is 5.32 Å². The second-order valence-corrected chi connectivity index (χ2v) is 5.71. The second-order valence-electron chi connectivity index (χ2n) is 4.85. The lowest BCUT2D eigenvalue weighted by Gasteiger charge is -2.24. The fourth-order valence-corrected chi connectivity index (χ4v) is 2.57. The van der Waals surface area contributed by atoms with Crippen LogP contribution in [0.1, 0.15) is 34.9 Å². The monoisotopic (exact) mass is 278 g/mol. The van der Waals surface area contributed by atoms with Crippen molar-refractivity contribution in [2.24, 2.45) is 0 Å². The average molecular weight is 278 g/mol. The Morgan fingerprint density at radius 3 is 2.63 bits per heavy atom. The molecule has 0 aliphatic rings. The summed E-state index contributed by atoms with van der Waals surface area (Å²) in [5, 5.41) is 5.54. The van der Waals surface area contributed by atoms with E-state index in [2.05, 4.69) is 10.3 Å². The van der Waals surface area contributed by atoms with Gasteiger partial charge >= 0.3 is 0 Å². The number of hydrogen-bond acceptors (Lipinski definition) is 3. The summed E-state index contributed by atoms with van der Waals surface area (Å²) in [6, 6.07) is 5.93. The van der Waals surface area contributed by atoms with Crippen molar-refractivity contribution in [1.29, 1.82) is 0 Å². The summed E-state index contributed by atoms with van der Waals surface area (Å²) in [5.74, 6) is -0.956. The van der Waals surface area contributed by atoms with Crippen LogP contribution in [-0.2, 0) is 5.54 Å². The fraction of sp³-hybridized carbons (Fsp3) is 0.286. The topological polar surface area (TPSA) is 42.0 Å². The lowest BCUT2D eigenvalue weighted by atomic mass is 10.1. The maximum atomic E-state index is 13.5. The maximum absolute atomic E-state index is 13.5. The van der Waals surface area contributed by atoms with E-state index in [-0.39, 0.29) is 5.56 Å². The van der Waals surface area contributed by atoms with E-state index in [1.54, 1.807) is 12.1 Å². The molecule has 1 amide bonds. The molecule has 1 aromatic carbocycles. The van der Waals surface area contributed by atoms with Gasteiger partial charge in [0, 0.05) is 11.1 Å². The van der Waals surface area contributed by atoms with Gasteiger partial charge in [0.2, 0.25) is 0 Å². The fourth-order valence-electron chi connectivity index (χ4n) is 1.69. The third kappa shape index (κ3) is 2.98. The third-order valence-electron chi connectivity index (χ3n) is 2.70. The van der Waals surface area contributed by atoms with Gasteiger partial charge in [0.1, 0.15) is 10.8 Å². The van der Waals surface area contributed by atoms with Crippen LogP contribution in [0.25, 0.3) is 0 Å². The average Bonchev–Trinajstić information content (AvgIpc) is 2.76. The Morgan fingerprint density at radius 2 is 2.05 bits per heavy atom. The first-order valence-electron chi connectivity index (χ1n) is 5.90. The Bertz CT molecular complexity index is 607. The van der Waals surface area contributed by atoms with E-state index >= 15 is 0 Å². The van der Waals surface area contributed by atoms with Crippen molar-refractivity contribution in [3.05, 3.63) is 51.7 Å². The molecule has 0 fully saturated rings. The molecular formula is C14H15FN2OS. The standard InChI is InChI=1S/C14H15FN2OS/c1-9-8-19-13(16-9)14(2,3)17-12(18)10-6-4-5-7-11(10)15/h4-8H,1-3H3,(H,17,18). The molecule has 1 aromatic heterocycles. The summed E-state index contributed by atoms with van der Waals surface area (Å²) in [4.78, 5) is 16.4. The number of aryl methyl sites for hydroxylation is 1. The van der Waals surface area contributed by atoms with Gasteiger partial charge in [0.25, 0.3) is 5.91 Å². The van der Waals surface area contributed by atoms with E-state index in [4.69, 9.17) is 0 Å². The summed E-state index contributed by atoms with van der Waals surface area (Å²) < 4.78 is 13.5. The molecule has 2 aromatic rings. The zero-order chi connectivity index (χ0) is 14.0. The molecule has 5 heteroatoms. The molecule has 0 saturated heterocycles. The largest absolute Gasteiger partial charge is 0.341 e. The summed E-state index contributed by atoms with van der Waals surface area (Å²) in [6.45, 7) is 5.60. The highest BCUT2D eigenvalue weighted by Gasteiger charge is 2.27. The second kappa shape index (κ2) is 5.09. The van der Waals surface area contributed by atoms with Crippen LogP contribution in [0, 0.1) is 12.7 Å². The van der Waals surface area contributed by atoms with Crippen molar-refractivity contribution in [3.63, 3.8) is 0 Å². The minimum atomic E-state index is -0.627. The van der Waals surface area contributed by atoms with E-state index in [0.717, 1.165) is 10.7 Å². The lowest BCUT2D eigenvalue weighted by molar-refractivity contribution is 0.0907. The number of rotatable bonds is 3. The van der Waals surface area contributed by atoms with Gasteiger partial charge in [0.15, 0.2) is 0 Å². The van der Waals surface area contributed by atoms with E-state index < -0.39 is 17.3 Å². The van der Waals surface area contributed by atoms with Crippen molar-refractivity contribution in [2.45, 2.75) is 26.3 Å². The predicted molar refractivity (Wildman–Crippen MR) is 73.7 cm³/mol. The van der Waals surface area contributed by atoms with Crippen molar-refractivity contribution in [2.75, 3.05) is 0 Å². The molecule has 0 saturated carbocycles. The molecule has 1 N–H and O–H groups in total. The van der Waals surface area contributed by atoms with Gasteiger partial charge in [-0.15, -0.1) is 11.3 Å². The smallest absolute Gasteiger partial charge is 0.255 e. The summed E-state index contributed by atoms with van der Waals surface area (Å²) in [7, 11) is 0. The Balaban J connectivity index is 2.21. The van der Waals surface area contributed by atoms with Crippen LogP contribution in [0.5, 0.6) is 0 Å². The molecule has 3 nitrogen and oxygen atoms in total. The number of benzene rings is 1. The van der Waals surface area contributed by atoms with Crippen LogP contribution in [0.4, 0.5) is 4.39 Å². The van der Waals surface area contributed by atoms with Gasteiger partial charge in [0.05, 0.1) is 11.1 Å². The van der Waals surface area contributed by atoms with Crippen LogP contribution in [0.3, 0.4) is 0 Å². The Labute approximate surface area is 115 Å². The van der Waals surface area contributed by atoms with Gasteiger partial charge in [-0.05, 0) is 32.9 Å². The first-order chi connectivity index (χ1) is 8.90. The van der Waals surface area contributed by atoms with Gasteiger partial charge in [-0.3, -0.25) is 4.79 Å². The molecular weight excluding hydrogens is 263 g/mol. The molecule has 0 unspecified atom stereocenters. The lowest BCUT2D eigenvalue weighted by Crippen LogP contribution is -2.41. The Hall–Kier alpha value is -1.75. The highest BCUT2D eigenvalue weighted by Crippen LogP contribution is 2.24. The SMILES string of the molecule is Cc1csc(C(C)(C)NC(=O)c2ccccc2F)n1. The van der Waals surface area contributed by atoms with Crippen LogP contribution in [0.15, 0.2) is 29.6 Å². The highest BCUT2D eigenvalue weighted by atomic mass is 32.1. The number of nitrogens with zero attached hydrogens (tertiary/aromatic N) is 1. The zero-order valence-electron chi connectivity index (χ0n) is 11.0. The van der Waals surface area contributed by atoms with E-state index in [9.17, 15) is 9.18 Å². The first kappa shape index (κ1) is 13.7.